The first-order valence-electron chi connectivity index (χ1n) is 4.09. The van der Waals surface area contributed by atoms with Gasteiger partial charge in [0, 0.05) is 5.39 Å². The molecule has 1 aromatic heterocycles. The lowest BCUT2D eigenvalue weighted by Gasteiger charge is -2.07. The molecule has 0 N–H and O–H groups in total. The molecule has 2 aromatic rings. The van der Waals surface area contributed by atoms with E-state index in [4.69, 9.17) is 39.5 Å². The van der Waals surface area contributed by atoms with Gasteiger partial charge in [0.2, 0.25) is 5.28 Å². The molecule has 84 valence electrons. The molecule has 0 aliphatic carbocycles. The van der Waals surface area contributed by atoms with Crippen molar-refractivity contribution in [3.05, 3.63) is 27.3 Å². The lowest BCUT2D eigenvalue weighted by molar-refractivity contribution is 0.389. The second-order valence-corrected chi connectivity index (χ2v) is 3.99. The number of hydrogen-bond donors (Lipinski definition) is 0. The summed E-state index contributed by atoms with van der Waals surface area (Å²) in [5.41, 5.74) is -0.0220. The third kappa shape index (κ3) is 1.77. The molecule has 1 aromatic carbocycles. The molecule has 0 amide bonds. The second kappa shape index (κ2) is 4.20. The molecule has 0 spiro atoms. The van der Waals surface area contributed by atoms with Crippen molar-refractivity contribution in [3.63, 3.8) is 0 Å². The Bertz CT molecular complexity index is 576. The molecule has 0 aliphatic rings. The molecule has 0 bridgehead atoms. The smallest absolute Gasteiger partial charge is 0.224 e. The number of benzene rings is 1. The van der Waals surface area contributed by atoms with Crippen LogP contribution in [0, 0.1) is 5.82 Å². The number of halogens is 4. The van der Waals surface area contributed by atoms with Crippen LogP contribution in [0.2, 0.25) is 15.5 Å². The van der Waals surface area contributed by atoms with Crippen molar-refractivity contribution in [1.29, 1.82) is 0 Å². The van der Waals surface area contributed by atoms with E-state index in [-0.39, 0.29) is 32.1 Å². The molecule has 7 heteroatoms. The number of rotatable bonds is 1. The van der Waals surface area contributed by atoms with E-state index in [2.05, 4.69) is 9.97 Å². The normalized spacial score (nSPS) is 10.8. The Kier molecular flexibility index (Phi) is 3.06. The Morgan fingerprint density at radius 2 is 1.94 bits per heavy atom. The van der Waals surface area contributed by atoms with Gasteiger partial charge in [-0.3, -0.25) is 0 Å². The van der Waals surface area contributed by atoms with Crippen LogP contribution in [0.15, 0.2) is 6.07 Å². The SMILES string of the molecule is COc1c(Cl)cc2c(Cl)nc(Cl)nc2c1F. The van der Waals surface area contributed by atoms with Crippen LogP contribution in [0.3, 0.4) is 0 Å². The Hall–Kier alpha value is -0.840. The van der Waals surface area contributed by atoms with Crippen LogP contribution in [0.1, 0.15) is 0 Å². The number of hydrogen-bond acceptors (Lipinski definition) is 3. The van der Waals surface area contributed by atoms with Gasteiger partial charge < -0.3 is 4.74 Å². The van der Waals surface area contributed by atoms with Crippen LogP contribution in [-0.2, 0) is 0 Å². The van der Waals surface area contributed by atoms with E-state index in [1.165, 1.54) is 13.2 Å². The van der Waals surface area contributed by atoms with E-state index < -0.39 is 5.82 Å². The minimum Gasteiger partial charge on any atom is -0.492 e. The number of aromatic nitrogens is 2. The molecule has 3 nitrogen and oxygen atoms in total. The van der Waals surface area contributed by atoms with Crippen molar-refractivity contribution < 1.29 is 9.13 Å². The van der Waals surface area contributed by atoms with E-state index in [1.54, 1.807) is 0 Å². The monoisotopic (exact) mass is 280 g/mol. The van der Waals surface area contributed by atoms with Gasteiger partial charge in [0.05, 0.1) is 12.1 Å². The molecule has 16 heavy (non-hydrogen) atoms. The maximum absolute atomic E-state index is 13.9. The molecule has 0 aliphatic heterocycles. The largest absolute Gasteiger partial charge is 0.492 e. The molecule has 0 fully saturated rings. The molecular weight excluding hydrogens is 277 g/mol. The Morgan fingerprint density at radius 3 is 2.56 bits per heavy atom. The summed E-state index contributed by atoms with van der Waals surface area (Å²) in [5, 5.41) is 0.286. The highest BCUT2D eigenvalue weighted by Gasteiger charge is 2.17. The summed E-state index contributed by atoms with van der Waals surface area (Å²) in [4.78, 5) is 7.44. The Labute approximate surface area is 105 Å². The third-order valence-electron chi connectivity index (χ3n) is 1.97. The lowest BCUT2D eigenvalue weighted by atomic mass is 10.2. The highest BCUT2D eigenvalue weighted by atomic mass is 35.5. The van der Waals surface area contributed by atoms with Crippen molar-refractivity contribution in [2.24, 2.45) is 0 Å². The highest BCUT2D eigenvalue weighted by molar-refractivity contribution is 6.37. The minimum absolute atomic E-state index is 0.0220. The van der Waals surface area contributed by atoms with Crippen LogP contribution in [-0.4, -0.2) is 17.1 Å². The summed E-state index contributed by atoms with van der Waals surface area (Å²) in [6.07, 6.45) is 0. The first-order valence-corrected chi connectivity index (χ1v) is 5.22. The van der Waals surface area contributed by atoms with Crippen molar-refractivity contribution in [2.75, 3.05) is 7.11 Å². The summed E-state index contributed by atoms with van der Waals surface area (Å²) >= 11 is 17.2. The molecule has 0 unspecified atom stereocenters. The van der Waals surface area contributed by atoms with Crippen molar-refractivity contribution in [1.82, 2.24) is 9.97 Å². The predicted molar refractivity (Wildman–Crippen MR) is 61.1 cm³/mol. The molecule has 0 saturated heterocycles. The zero-order valence-corrected chi connectivity index (χ0v) is 10.2. The van der Waals surface area contributed by atoms with Gasteiger partial charge in [0.1, 0.15) is 10.7 Å². The van der Waals surface area contributed by atoms with Gasteiger partial charge in [-0.25, -0.2) is 14.4 Å². The minimum atomic E-state index is -0.712. The standard InChI is InChI=1S/C9H4Cl3FN2O/c1-16-7-4(10)2-3-6(5(7)13)14-9(12)15-8(3)11/h2H,1H3. The maximum Gasteiger partial charge on any atom is 0.224 e. The van der Waals surface area contributed by atoms with Gasteiger partial charge in [-0.2, -0.15) is 0 Å². The summed E-state index contributed by atoms with van der Waals surface area (Å²) in [6, 6.07) is 1.43. The molecule has 0 saturated carbocycles. The average molecular weight is 282 g/mol. The molecule has 2 rings (SSSR count). The fraction of sp³-hybridized carbons (Fsp3) is 0.111. The van der Waals surface area contributed by atoms with E-state index in [0.29, 0.717) is 0 Å². The first-order chi connectivity index (χ1) is 7.54. The number of nitrogens with zero attached hydrogens (tertiary/aromatic N) is 2. The summed E-state index contributed by atoms with van der Waals surface area (Å²) in [7, 11) is 1.31. The maximum atomic E-state index is 13.9. The van der Waals surface area contributed by atoms with Gasteiger partial charge in [0.15, 0.2) is 11.6 Å². The highest BCUT2D eigenvalue weighted by Crippen LogP contribution is 2.35. The fourth-order valence-corrected chi connectivity index (χ4v) is 2.01. The van der Waals surface area contributed by atoms with Crippen molar-refractivity contribution in [3.8, 4) is 5.75 Å². The summed E-state index contributed by atoms with van der Waals surface area (Å²) < 4.78 is 18.7. The average Bonchev–Trinajstić information content (AvgIpc) is 2.21. The Balaban J connectivity index is 2.93. The zero-order valence-electron chi connectivity index (χ0n) is 7.89. The molecule has 0 atom stereocenters. The van der Waals surface area contributed by atoms with E-state index in [0.717, 1.165) is 0 Å². The summed E-state index contributed by atoms with van der Waals surface area (Å²) in [6.45, 7) is 0. The van der Waals surface area contributed by atoms with Crippen molar-refractivity contribution in [2.45, 2.75) is 0 Å². The van der Waals surface area contributed by atoms with E-state index >= 15 is 0 Å². The van der Waals surface area contributed by atoms with Gasteiger partial charge in [-0.05, 0) is 17.7 Å². The van der Waals surface area contributed by atoms with E-state index in [1.807, 2.05) is 0 Å². The van der Waals surface area contributed by atoms with Gasteiger partial charge in [0.25, 0.3) is 0 Å². The molecule has 0 radical (unpaired) electrons. The predicted octanol–water partition coefficient (Wildman–Crippen LogP) is 3.74. The quantitative estimate of drug-likeness (QED) is 0.590. The summed E-state index contributed by atoms with van der Waals surface area (Å²) in [5.74, 6) is -0.809. The number of ether oxygens (including phenoxy) is 1. The first kappa shape index (κ1) is 11.6. The molecular formula is C9H4Cl3FN2O. The molecule has 1 heterocycles. The van der Waals surface area contributed by atoms with Crippen LogP contribution in [0.5, 0.6) is 5.75 Å². The van der Waals surface area contributed by atoms with Crippen LogP contribution >= 0.6 is 34.8 Å². The van der Waals surface area contributed by atoms with Crippen molar-refractivity contribution >= 4 is 45.7 Å². The van der Waals surface area contributed by atoms with E-state index in [9.17, 15) is 4.39 Å². The van der Waals surface area contributed by atoms with Crippen LogP contribution in [0.25, 0.3) is 10.9 Å². The van der Waals surface area contributed by atoms with Crippen LogP contribution in [0.4, 0.5) is 4.39 Å². The lowest BCUT2D eigenvalue weighted by Crippen LogP contribution is -1.95. The Morgan fingerprint density at radius 1 is 1.25 bits per heavy atom. The number of methoxy groups -OCH3 is 1. The van der Waals surface area contributed by atoms with Gasteiger partial charge in [-0.1, -0.05) is 23.2 Å². The van der Waals surface area contributed by atoms with Crippen LogP contribution < -0.4 is 4.74 Å². The van der Waals surface area contributed by atoms with Gasteiger partial charge in [-0.15, -0.1) is 0 Å². The second-order valence-electron chi connectivity index (χ2n) is 2.89. The zero-order chi connectivity index (χ0) is 11.9. The third-order valence-corrected chi connectivity index (χ3v) is 2.71. The fourth-order valence-electron chi connectivity index (χ4n) is 1.30. The number of fused-ring (bicyclic) bond motifs is 1. The van der Waals surface area contributed by atoms with Gasteiger partial charge >= 0.3 is 0 Å². The topological polar surface area (TPSA) is 35.0 Å².